The quantitative estimate of drug-likeness (QED) is 0.792. The maximum atomic E-state index is 6.38. The molecule has 0 aromatic heterocycles. The van der Waals surface area contributed by atoms with Crippen molar-refractivity contribution >= 4 is 23.4 Å². The Bertz CT molecular complexity index is 515. The fourth-order valence-corrected chi connectivity index (χ4v) is 3.41. The van der Waals surface area contributed by atoms with E-state index in [0.717, 1.165) is 16.3 Å². The van der Waals surface area contributed by atoms with Crippen molar-refractivity contribution in [3.8, 4) is 0 Å². The lowest BCUT2D eigenvalue weighted by atomic mass is 10.0. The number of thioether (sulfide) groups is 1. The zero-order valence-electron chi connectivity index (χ0n) is 10.9. The van der Waals surface area contributed by atoms with Crippen molar-refractivity contribution < 1.29 is 0 Å². The number of halogens is 1. The van der Waals surface area contributed by atoms with Gasteiger partial charge in [0.05, 0.1) is 5.02 Å². The summed E-state index contributed by atoms with van der Waals surface area (Å²) in [6, 6.07) is 18.2. The van der Waals surface area contributed by atoms with Crippen molar-refractivity contribution in [3.63, 3.8) is 0 Å². The molecule has 0 saturated heterocycles. The van der Waals surface area contributed by atoms with Crippen LogP contribution in [0.1, 0.15) is 24.9 Å². The van der Waals surface area contributed by atoms with Gasteiger partial charge < -0.3 is 5.73 Å². The summed E-state index contributed by atoms with van der Waals surface area (Å²) in [5.41, 5.74) is 7.56. The van der Waals surface area contributed by atoms with E-state index in [1.165, 1.54) is 5.56 Å². The molecule has 2 aromatic rings. The molecule has 0 aliphatic rings. The summed E-state index contributed by atoms with van der Waals surface area (Å²) in [6.45, 7) is 2.16. The Morgan fingerprint density at radius 3 is 2.32 bits per heavy atom. The first-order valence-corrected chi connectivity index (χ1v) is 7.70. The van der Waals surface area contributed by atoms with E-state index >= 15 is 0 Å². The van der Waals surface area contributed by atoms with Gasteiger partial charge in [-0.15, -0.1) is 11.8 Å². The van der Waals surface area contributed by atoms with E-state index in [-0.39, 0.29) is 6.04 Å². The zero-order valence-corrected chi connectivity index (χ0v) is 12.5. The molecule has 0 heterocycles. The molecule has 2 unspecified atom stereocenters. The van der Waals surface area contributed by atoms with Crippen LogP contribution < -0.4 is 5.73 Å². The van der Waals surface area contributed by atoms with E-state index in [0.29, 0.717) is 5.25 Å². The Hall–Kier alpha value is -0.960. The van der Waals surface area contributed by atoms with Gasteiger partial charge in [-0.2, -0.15) is 0 Å². The highest BCUT2D eigenvalue weighted by Gasteiger charge is 2.19. The average Bonchev–Trinajstić information content (AvgIpc) is 2.47. The van der Waals surface area contributed by atoms with Crippen LogP contribution in [-0.2, 0) is 0 Å². The second-order valence-corrected chi connectivity index (χ2v) is 6.12. The largest absolute Gasteiger partial charge is 0.323 e. The summed E-state index contributed by atoms with van der Waals surface area (Å²) in [6.07, 6.45) is 1.01. The third kappa shape index (κ3) is 3.75. The minimum absolute atomic E-state index is 0.0208. The van der Waals surface area contributed by atoms with Gasteiger partial charge in [0.2, 0.25) is 0 Å². The molecule has 0 radical (unpaired) electrons. The van der Waals surface area contributed by atoms with Gasteiger partial charge in [-0.25, -0.2) is 0 Å². The van der Waals surface area contributed by atoms with Gasteiger partial charge >= 0.3 is 0 Å². The van der Waals surface area contributed by atoms with Gasteiger partial charge in [-0.1, -0.05) is 61.0 Å². The molecule has 3 heteroatoms. The molecule has 2 rings (SSSR count). The summed E-state index contributed by atoms with van der Waals surface area (Å²) >= 11 is 7.98. The third-order valence-electron chi connectivity index (χ3n) is 3.10. The van der Waals surface area contributed by atoms with Crippen molar-refractivity contribution in [2.45, 2.75) is 29.5 Å². The van der Waals surface area contributed by atoms with Gasteiger partial charge in [0.25, 0.3) is 0 Å². The van der Waals surface area contributed by atoms with Crippen molar-refractivity contribution in [1.82, 2.24) is 0 Å². The monoisotopic (exact) mass is 291 g/mol. The normalized spacial score (nSPS) is 14.1. The maximum absolute atomic E-state index is 6.38. The van der Waals surface area contributed by atoms with E-state index in [1.807, 2.05) is 42.5 Å². The number of hydrogen-bond acceptors (Lipinski definition) is 2. The van der Waals surface area contributed by atoms with Crippen LogP contribution in [0.4, 0.5) is 0 Å². The van der Waals surface area contributed by atoms with Crippen LogP contribution >= 0.6 is 23.4 Å². The molecule has 0 saturated carbocycles. The molecule has 2 atom stereocenters. The van der Waals surface area contributed by atoms with Crippen LogP contribution in [0, 0.1) is 0 Å². The van der Waals surface area contributed by atoms with Gasteiger partial charge in [-0.05, 0) is 24.1 Å². The fraction of sp³-hybridized carbons (Fsp3) is 0.250. The summed E-state index contributed by atoms with van der Waals surface area (Å²) in [5.74, 6) is 0. The van der Waals surface area contributed by atoms with Crippen molar-refractivity contribution in [2.75, 3.05) is 0 Å². The third-order valence-corrected chi connectivity index (χ3v) is 5.08. The van der Waals surface area contributed by atoms with Crippen LogP contribution in [-0.4, -0.2) is 5.25 Å². The zero-order chi connectivity index (χ0) is 13.7. The van der Waals surface area contributed by atoms with E-state index in [4.69, 9.17) is 17.3 Å². The lowest BCUT2D eigenvalue weighted by Gasteiger charge is -2.23. The predicted molar refractivity (Wildman–Crippen MR) is 84.8 cm³/mol. The van der Waals surface area contributed by atoms with E-state index in [1.54, 1.807) is 11.8 Å². The van der Waals surface area contributed by atoms with E-state index in [9.17, 15) is 0 Å². The molecule has 100 valence electrons. The van der Waals surface area contributed by atoms with E-state index in [2.05, 4.69) is 19.1 Å². The molecule has 0 spiro atoms. The Morgan fingerprint density at radius 1 is 1.05 bits per heavy atom. The highest BCUT2D eigenvalue weighted by Crippen LogP contribution is 2.36. The summed E-state index contributed by atoms with van der Waals surface area (Å²) in [4.78, 5) is 1.10. The van der Waals surface area contributed by atoms with Gasteiger partial charge in [0.1, 0.15) is 0 Å². The minimum atomic E-state index is 0.0208. The van der Waals surface area contributed by atoms with Gasteiger partial charge in [0, 0.05) is 16.2 Å². The molecule has 2 N–H and O–H groups in total. The first kappa shape index (κ1) is 14.4. The molecule has 0 amide bonds. The molecular weight excluding hydrogens is 274 g/mol. The van der Waals surface area contributed by atoms with Gasteiger partial charge in [-0.3, -0.25) is 0 Å². The first-order valence-electron chi connectivity index (χ1n) is 6.44. The first-order chi connectivity index (χ1) is 9.22. The maximum Gasteiger partial charge on any atom is 0.0541 e. The molecule has 2 aromatic carbocycles. The molecule has 0 aliphatic carbocycles. The predicted octanol–water partition coefficient (Wildman–Crippen LogP) is 4.91. The smallest absolute Gasteiger partial charge is 0.0541 e. The topological polar surface area (TPSA) is 26.0 Å². The van der Waals surface area contributed by atoms with Gasteiger partial charge in [0.15, 0.2) is 0 Å². The molecule has 0 fully saturated rings. The van der Waals surface area contributed by atoms with Crippen molar-refractivity contribution in [2.24, 2.45) is 5.73 Å². The number of hydrogen-bond donors (Lipinski definition) is 1. The SMILES string of the molecule is CCC(Sc1ccccc1Cl)C(N)c1ccccc1. The van der Waals surface area contributed by atoms with Crippen LogP contribution in [0.5, 0.6) is 0 Å². The highest BCUT2D eigenvalue weighted by molar-refractivity contribution is 8.00. The molecule has 0 aliphatic heterocycles. The summed E-state index contributed by atoms with van der Waals surface area (Å²) < 4.78 is 0. The second-order valence-electron chi connectivity index (χ2n) is 4.43. The van der Waals surface area contributed by atoms with Crippen LogP contribution in [0.15, 0.2) is 59.5 Å². The molecule has 1 nitrogen and oxygen atoms in total. The Balaban J connectivity index is 2.15. The fourth-order valence-electron chi connectivity index (χ4n) is 2.00. The molecule has 0 bridgehead atoms. The van der Waals surface area contributed by atoms with E-state index < -0.39 is 0 Å². The van der Waals surface area contributed by atoms with Crippen molar-refractivity contribution in [3.05, 3.63) is 65.2 Å². The highest BCUT2D eigenvalue weighted by atomic mass is 35.5. The minimum Gasteiger partial charge on any atom is -0.323 e. The Kier molecular flexibility index (Phi) is 5.32. The summed E-state index contributed by atoms with van der Waals surface area (Å²) in [7, 11) is 0. The summed E-state index contributed by atoms with van der Waals surface area (Å²) in [5, 5.41) is 1.12. The Morgan fingerprint density at radius 2 is 1.68 bits per heavy atom. The van der Waals surface area contributed by atoms with Crippen LogP contribution in [0.3, 0.4) is 0 Å². The second kappa shape index (κ2) is 6.99. The average molecular weight is 292 g/mol. The lowest BCUT2D eigenvalue weighted by molar-refractivity contribution is 0.656. The number of nitrogens with two attached hydrogens (primary N) is 1. The van der Waals surface area contributed by atoms with Crippen molar-refractivity contribution in [1.29, 1.82) is 0 Å². The van der Waals surface area contributed by atoms with Crippen LogP contribution in [0.25, 0.3) is 0 Å². The number of benzene rings is 2. The number of rotatable bonds is 5. The van der Waals surface area contributed by atoms with Crippen LogP contribution in [0.2, 0.25) is 5.02 Å². The Labute approximate surface area is 124 Å². The standard InChI is InChI=1S/C16H18ClNS/c1-2-14(16(18)12-8-4-3-5-9-12)19-15-11-7-6-10-13(15)17/h3-11,14,16H,2,18H2,1H3. The molecular formula is C16H18ClNS. The molecule has 19 heavy (non-hydrogen) atoms. The lowest BCUT2D eigenvalue weighted by Crippen LogP contribution is -2.23.